The highest BCUT2D eigenvalue weighted by atomic mass is 127. The van der Waals surface area contributed by atoms with Crippen LogP contribution in [0.15, 0.2) is 24.3 Å². The SMILES string of the molecule is CC(C)(C)OC(=O)N1CC[C@H](Nc2cccc3c2cc(I)n3CC(F)(F)F)[C@@H](F)C1. The second-order valence-electron chi connectivity index (χ2n) is 8.39. The van der Waals surface area contributed by atoms with E-state index in [1.165, 1.54) is 9.47 Å². The number of piperidine rings is 1. The number of halogens is 5. The maximum absolute atomic E-state index is 14.8. The van der Waals surface area contributed by atoms with Gasteiger partial charge in [0.15, 0.2) is 0 Å². The van der Waals surface area contributed by atoms with Crippen LogP contribution in [-0.4, -0.2) is 52.6 Å². The molecule has 0 bridgehead atoms. The predicted molar refractivity (Wildman–Crippen MR) is 115 cm³/mol. The van der Waals surface area contributed by atoms with E-state index in [1.807, 2.05) is 22.6 Å². The van der Waals surface area contributed by atoms with Gasteiger partial charge in [0.05, 0.1) is 21.8 Å². The lowest BCUT2D eigenvalue weighted by atomic mass is 10.0. The Balaban J connectivity index is 1.74. The molecule has 1 N–H and O–H groups in total. The second-order valence-corrected chi connectivity index (χ2v) is 9.49. The molecule has 166 valence electrons. The first kappa shape index (κ1) is 23.0. The van der Waals surface area contributed by atoms with Crippen LogP contribution in [0.5, 0.6) is 0 Å². The zero-order valence-electron chi connectivity index (χ0n) is 16.9. The number of carbonyl (C=O) groups is 1. The zero-order valence-corrected chi connectivity index (χ0v) is 19.1. The van der Waals surface area contributed by atoms with Crippen LogP contribution in [0.2, 0.25) is 0 Å². The topological polar surface area (TPSA) is 46.5 Å². The predicted octanol–water partition coefficient (Wildman–Crippen LogP) is 5.57. The molecule has 30 heavy (non-hydrogen) atoms. The Bertz CT molecular complexity index is 923. The highest BCUT2D eigenvalue weighted by Crippen LogP contribution is 2.32. The third-order valence-corrected chi connectivity index (χ3v) is 5.66. The van der Waals surface area contributed by atoms with E-state index in [0.717, 1.165) is 0 Å². The highest BCUT2D eigenvalue weighted by Gasteiger charge is 2.34. The first-order valence-electron chi connectivity index (χ1n) is 9.57. The van der Waals surface area contributed by atoms with Gasteiger partial charge < -0.3 is 19.5 Å². The quantitative estimate of drug-likeness (QED) is 0.409. The summed E-state index contributed by atoms with van der Waals surface area (Å²) in [6, 6.07) is 6.09. The van der Waals surface area contributed by atoms with E-state index >= 15 is 0 Å². The summed E-state index contributed by atoms with van der Waals surface area (Å²) in [7, 11) is 0. The van der Waals surface area contributed by atoms with Crippen molar-refractivity contribution in [2.75, 3.05) is 18.4 Å². The molecule has 1 amide bonds. The van der Waals surface area contributed by atoms with Crippen LogP contribution in [-0.2, 0) is 11.3 Å². The number of fused-ring (bicyclic) bond motifs is 1. The summed E-state index contributed by atoms with van der Waals surface area (Å²) in [5.74, 6) is 0. The molecule has 1 aromatic carbocycles. The van der Waals surface area contributed by atoms with Gasteiger partial charge in [0, 0.05) is 17.6 Å². The number of alkyl halides is 4. The molecule has 5 nitrogen and oxygen atoms in total. The van der Waals surface area contributed by atoms with E-state index in [4.69, 9.17) is 4.74 Å². The van der Waals surface area contributed by atoms with Crippen LogP contribution in [0.25, 0.3) is 10.9 Å². The fourth-order valence-corrected chi connectivity index (χ4v) is 4.22. The minimum Gasteiger partial charge on any atom is -0.444 e. The van der Waals surface area contributed by atoms with E-state index in [-0.39, 0.29) is 6.54 Å². The lowest BCUT2D eigenvalue weighted by Gasteiger charge is -2.36. The number of hydrogen-bond donors (Lipinski definition) is 1. The van der Waals surface area contributed by atoms with Crippen LogP contribution < -0.4 is 5.32 Å². The van der Waals surface area contributed by atoms with Gasteiger partial charge in [0.25, 0.3) is 0 Å². The summed E-state index contributed by atoms with van der Waals surface area (Å²) in [6.07, 6.45) is -5.87. The zero-order chi connectivity index (χ0) is 22.3. The maximum atomic E-state index is 14.8. The molecule has 2 atom stereocenters. The van der Waals surface area contributed by atoms with Gasteiger partial charge in [-0.2, -0.15) is 13.2 Å². The Hall–Kier alpha value is -1.72. The molecule has 0 spiro atoms. The first-order chi connectivity index (χ1) is 13.8. The average Bonchev–Trinajstić information content (AvgIpc) is 2.90. The largest absolute Gasteiger partial charge is 0.444 e. The standard InChI is InChI=1S/C20H24F4IN3O2/c1-19(2,3)30-18(29)27-8-7-15(13(21)10-27)26-14-5-4-6-16-12(14)9-17(25)28(16)11-20(22,23)24/h4-6,9,13,15,26H,7-8,10-11H2,1-3H3/t13-,15-/m0/s1. The van der Waals surface area contributed by atoms with Crippen molar-refractivity contribution < 1.29 is 27.1 Å². The number of nitrogens with one attached hydrogen (secondary N) is 1. The number of aromatic nitrogens is 1. The van der Waals surface area contributed by atoms with Gasteiger partial charge in [-0.1, -0.05) is 6.07 Å². The first-order valence-corrected chi connectivity index (χ1v) is 10.6. The van der Waals surface area contributed by atoms with Crippen LogP contribution in [0.1, 0.15) is 27.2 Å². The molecule has 1 aliphatic rings. The molecule has 0 radical (unpaired) electrons. The average molecular weight is 541 g/mol. The number of likely N-dealkylation sites (tertiary alicyclic amines) is 1. The van der Waals surface area contributed by atoms with Gasteiger partial charge in [-0.15, -0.1) is 0 Å². The Labute approximate surface area is 185 Å². The molecule has 3 rings (SSSR count). The molecule has 10 heteroatoms. The van der Waals surface area contributed by atoms with Gasteiger partial charge in [-0.25, -0.2) is 9.18 Å². The van der Waals surface area contributed by atoms with Crippen molar-refractivity contribution >= 4 is 45.3 Å². The van der Waals surface area contributed by atoms with Crippen molar-refractivity contribution in [1.82, 2.24) is 9.47 Å². The summed E-state index contributed by atoms with van der Waals surface area (Å²) in [5.41, 5.74) is 0.349. The van der Waals surface area contributed by atoms with E-state index in [1.54, 1.807) is 45.0 Å². The van der Waals surface area contributed by atoms with Crippen molar-refractivity contribution in [1.29, 1.82) is 0 Å². The molecule has 2 aromatic rings. The van der Waals surface area contributed by atoms with E-state index in [0.29, 0.717) is 33.3 Å². The highest BCUT2D eigenvalue weighted by molar-refractivity contribution is 14.1. The summed E-state index contributed by atoms with van der Waals surface area (Å²) >= 11 is 1.87. The number of anilines is 1. The van der Waals surface area contributed by atoms with E-state index in [2.05, 4.69) is 5.32 Å². The van der Waals surface area contributed by atoms with Crippen LogP contribution in [0.3, 0.4) is 0 Å². The minimum absolute atomic E-state index is 0.102. The van der Waals surface area contributed by atoms with Gasteiger partial charge in [-0.05, 0) is 68.0 Å². The van der Waals surface area contributed by atoms with Crippen LogP contribution in [0, 0.1) is 3.70 Å². The normalized spacial score (nSPS) is 20.5. The van der Waals surface area contributed by atoms with Gasteiger partial charge >= 0.3 is 12.3 Å². The molecule has 0 saturated carbocycles. The van der Waals surface area contributed by atoms with Gasteiger partial charge in [-0.3, -0.25) is 0 Å². The third kappa shape index (κ3) is 5.50. The minimum atomic E-state index is -4.34. The molecule has 1 aliphatic heterocycles. The van der Waals surface area contributed by atoms with Gasteiger partial charge in [0.2, 0.25) is 0 Å². The number of hydrogen-bond acceptors (Lipinski definition) is 3. The van der Waals surface area contributed by atoms with Crippen molar-refractivity contribution in [3.05, 3.63) is 28.0 Å². The fraction of sp³-hybridized carbons (Fsp3) is 0.550. The number of amides is 1. The Morgan fingerprint density at radius 3 is 2.60 bits per heavy atom. The van der Waals surface area contributed by atoms with Crippen molar-refractivity contribution in [3.63, 3.8) is 0 Å². The van der Waals surface area contributed by atoms with Crippen LogP contribution in [0.4, 0.5) is 28.0 Å². The third-order valence-electron chi connectivity index (χ3n) is 4.77. The van der Waals surface area contributed by atoms with E-state index in [9.17, 15) is 22.4 Å². The molecule has 0 aliphatic carbocycles. The Kier molecular flexibility index (Phi) is 6.45. The number of nitrogens with zero attached hydrogens (tertiary/aromatic N) is 2. The Morgan fingerprint density at radius 1 is 1.30 bits per heavy atom. The second kappa shape index (κ2) is 8.43. The summed E-state index contributed by atoms with van der Waals surface area (Å²) in [5, 5.41) is 3.74. The number of ether oxygens (including phenoxy) is 1. The molecular formula is C20H24F4IN3O2. The number of rotatable bonds is 3. The van der Waals surface area contributed by atoms with Crippen molar-refractivity contribution in [2.45, 2.75) is 57.7 Å². The van der Waals surface area contributed by atoms with Gasteiger partial charge in [0.1, 0.15) is 18.3 Å². The van der Waals surface area contributed by atoms with E-state index < -0.39 is 36.6 Å². The van der Waals surface area contributed by atoms with Crippen LogP contribution >= 0.6 is 22.6 Å². The molecule has 0 unspecified atom stereocenters. The smallest absolute Gasteiger partial charge is 0.410 e. The summed E-state index contributed by atoms with van der Waals surface area (Å²) < 4.78 is 60.5. The number of carbonyl (C=O) groups excluding carboxylic acids is 1. The van der Waals surface area contributed by atoms with Crippen molar-refractivity contribution in [3.8, 4) is 0 Å². The monoisotopic (exact) mass is 541 g/mol. The molecule has 1 aromatic heterocycles. The lowest BCUT2D eigenvalue weighted by molar-refractivity contribution is -0.140. The molecular weight excluding hydrogens is 517 g/mol. The molecule has 1 fully saturated rings. The summed E-state index contributed by atoms with van der Waals surface area (Å²) in [6.45, 7) is 4.39. The Morgan fingerprint density at radius 2 is 2.00 bits per heavy atom. The lowest BCUT2D eigenvalue weighted by Crippen LogP contribution is -2.51. The summed E-state index contributed by atoms with van der Waals surface area (Å²) in [4.78, 5) is 13.5. The number of benzene rings is 1. The molecule has 2 heterocycles. The fourth-order valence-electron chi connectivity index (χ4n) is 3.48. The molecule has 1 saturated heterocycles. The maximum Gasteiger partial charge on any atom is 0.410 e. The van der Waals surface area contributed by atoms with Crippen molar-refractivity contribution in [2.24, 2.45) is 0 Å².